The summed E-state index contributed by atoms with van der Waals surface area (Å²) < 4.78 is 5.80. The van der Waals surface area contributed by atoms with Crippen molar-refractivity contribution in [2.24, 2.45) is 0 Å². The number of benzene rings is 3. The minimum Gasteiger partial charge on any atom is -0.491 e. The van der Waals surface area contributed by atoms with Crippen molar-refractivity contribution in [3.63, 3.8) is 0 Å². The van der Waals surface area contributed by atoms with E-state index in [1.54, 1.807) is 0 Å². The molecule has 5 heteroatoms. The molecule has 32 heavy (non-hydrogen) atoms. The van der Waals surface area contributed by atoms with Crippen LogP contribution in [0.1, 0.15) is 42.9 Å². The fourth-order valence-corrected chi connectivity index (χ4v) is 4.03. The predicted octanol–water partition coefficient (Wildman–Crippen LogP) is 6.92. The van der Waals surface area contributed by atoms with E-state index in [0.29, 0.717) is 18.1 Å². The van der Waals surface area contributed by atoms with E-state index in [-0.39, 0.29) is 23.8 Å². The summed E-state index contributed by atoms with van der Waals surface area (Å²) >= 11 is 11.9. The van der Waals surface area contributed by atoms with Gasteiger partial charge in [0, 0.05) is 24.0 Å². The molecule has 0 aliphatic carbocycles. The van der Waals surface area contributed by atoms with Crippen LogP contribution in [0.2, 0.25) is 5.02 Å². The van der Waals surface area contributed by atoms with Crippen molar-refractivity contribution in [3.05, 3.63) is 101 Å². The fourth-order valence-electron chi connectivity index (χ4n) is 3.73. The summed E-state index contributed by atoms with van der Waals surface area (Å²) in [5, 5.41) is 0.679. The number of ether oxygens (including phenoxy) is 1. The minimum absolute atomic E-state index is 0.0369. The van der Waals surface area contributed by atoms with Crippen LogP contribution in [0.5, 0.6) is 5.75 Å². The smallest absolute Gasteiger partial charge is 0.237 e. The SMILES string of the molecule is CC(C)Oc1ccc([C@@H](CCN(Cc2ccc(Cl)cc2)C(=O)CCl)c2ccccc2)cc1. The normalized spacial score (nSPS) is 11.9. The number of rotatable bonds is 10. The van der Waals surface area contributed by atoms with Gasteiger partial charge in [-0.3, -0.25) is 4.79 Å². The maximum absolute atomic E-state index is 12.6. The summed E-state index contributed by atoms with van der Waals surface area (Å²) in [6.45, 7) is 5.14. The molecule has 3 rings (SSSR count). The number of alkyl halides is 1. The van der Waals surface area contributed by atoms with Crippen molar-refractivity contribution in [1.29, 1.82) is 0 Å². The third-order valence-corrected chi connectivity index (χ3v) is 5.78. The molecule has 0 saturated carbocycles. The molecule has 0 heterocycles. The first kappa shape index (κ1) is 24.2. The first-order valence-corrected chi connectivity index (χ1v) is 11.8. The minimum atomic E-state index is -0.0749. The molecule has 0 N–H and O–H groups in total. The van der Waals surface area contributed by atoms with Crippen LogP contribution in [0.15, 0.2) is 78.9 Å². The van der Waals surface area contributed by atoms with Gasteiger partial charge in [-0.25, -0.2) is 0 Å². The van der Waals surface area contributed by atoms with E-state index in [1.165, 1.54) is 11.1 Å². The van der Waals surface area contributed by atoms with Crippen molar-refractivity contribution in [1.82, 2.24) is 4.90 Å². The van der Waals surface area contributed by atoms with Gasteiger partial charge in [0.2, 0.25) is 5.91 Å². The molecular weight excluding hydrogens is 441 g/mol. The van der Waals surface area contributed by atoms with E-state index in [1.807, 2.05) is 73.3 Å². The quantitative estimate of drug-likeness (QED) is 0.301. The average molecular weight is 470 g/mol. The average Bonchev–Trinajstić information content (AvgIpc) is 2.80. The van der Waals surface area contributed by atoms with E-state index < -0.39 is 0 Å². The topological polar surface area (TPSA) is 29.5 Å². The van der Waals surface area contributed by atoms with Crippen molar-refractivity contribution >= 4 is 29.1 Å². The van der Waals surface area contributed by atoms with Crippen molar-refractivity contribution in [2.75, 3.05) is 12.4 Å². The Balaban J connectivity index is 1.80. The van der Waals surface area contributed by atoms with Crippen LogP contribution in [-0.2, 0) is 11.3 Å². The second kappa shape index (κ2) is 11.9. The molecular formula is C27H29Cl2NO2. The van der Waals surface area contributed by atoms with Gasteiger partial charge in [0.1, 0.15) is 11.6 Å². The van der Waals surface area contributed by atoms with Crippen LogP contribution < -0.4 is 4.74 Å². The van der Waals surface area contributed by atoms with E-state index in [9.17, 15) is 4.79 Å². The van der Waals surface area contributed by atoms with Crippen LogP contribution in [0.4, 0.5) is 0 Å². The van der Waals surface area contributed by atoms with Gasteiger partial charge in [-0.1, -0.05) is 66.2 Å². The number of nitrogens with zero attached hydrogens (tertiary/aromatic N) is 1. The highest BCUT2D eigenvalue weighted by Crippen LogP contribution is 2.30. The largest absolute Gasteiger partial charge is 0.491 e. The number of hydrogen-bond acceptors (Lipinski definition) is 2. The number of hydrogen-bond donors (Lipinski definition) is 0. The highest BCUT2D eigenvalue weighted by atomic mass is 35.5. The monoisotopic (exact) mass is 469 g/mol. The van der Waals surface area contributed by atoms with Gasteiger partial charge < -0.3 is 9.64 Å². The zero-order chi connectivity index (χ0) is 22.9. The van der Waals surface area contributed by atoms with Crippen LogP contribution in [0.25, 0.3) is 0 Å². The van der Waals surface area contributed by atoms with Gasteiger partial charge in [-0.2, -0.15) is 0 Å². The van der Waals surface area contributed by atoms with Gasteiger partial charge in [0.05, 0.1) is 6.10 Å². The lowest BCUT2D eigenvalue weighted by molar-refractivity contribution is -0.129. The Kier molecular flexibility index (Phi) is 9.01. The Morgan fingerprint density at radius 3 is 2.12 bits per heavy atom. The third kappa shape index (κ3) is 7.01. The van der Waals surface area contributed by atoms with Crippen molar-refractivity contribution < 1.29 is 9.53 Å². The van der Waals surface area contributed by atoms with Crippen LogP contribution >= 0.6 is 23.2 Å². The molecule has 3 nitrogen and oxygen atoms in total. The summed E-state index contributed by atoms with van der Waals surface area (Å²) in [5.74, 6) is 0.900. The van der Waals surface area contributed by atoms with Gasteiger partial charge in [-0.15, -0.1) is 11.6 Å². The molecule has 0 aliphatic heterocycles. The maximum atomic E-state index is 12.6. The molecule has 0 fully saturated rings. The van der Waals surface area contributed by atoms with E-state index >= 15 is 0 Å². The van der Waals surface area contributed by atoms with Gasteiger partial charge in [0.25, 0.3) is 0 Å². The highest BCUT2D eigenvalue weighted by molar-refractivity contribution is 6.30. The van der Waals surface area contributed by atoms with Crippen LogP contribution in [-0.4, -0.2) is 29.3 Å². The van der Waals surface area contributed by atoms with E-state index in [2.05, 4.69) is 24.3 Å². The molecule has 3 aromatic rings. The van der Waals surface area contributed by atoms with Crippen LogP contribution in [0, 0.1) is 0 Å². The molecule has 0 aliphatic rings. The Labute approximate surface area is 200 Å². The number of halogens is 2. The van der Waals surface area contributed by atoms with E-state index in [0.717, 1.165) is 17.7 Å². The van der Waals surface area contributed by atoms with Crippen molar-refractivity contribution in [2.45, 2.75) is 38.8 Å². The summed E-state index contributed by atoms with van der Waals surface area (Å²) in [5.41, 5.74) is 3.44. The Bertz CT molecular complexity index is 973. The first-order chi connectivity index (χ1) is 15.5. The Morgan fingerprint density at radius 2 is 1.53 bits per heavy atom. The van der Waals surface area contributed by atoms with Crippen LogP contribution in [0.3, 0.4) is 0 Å². The van der Waals surface area contributed by atoms with Crippen molar-refractivity contribution in [3.8, 4) is 5.75 Å². The zero-order valence-corrected chi connectivity index (χ0v) is 20.0. The second-order valence-corrected chi connectivity index (χ2v) is 8.77. The Morgan fingerprint density at radius 1 is 0.906 bits per heavy atom. The van der Waals surface area contributed by atoms with Gasteiger partial charge >= 0.3 is 0 Å². The summed E-state index contributed by atoms with van der Waals surface area (Å²) in [7, 11) is 0. The molecule has 0 saturated heterocycles. The van der Waals surface area contributed by atoms with Gasteiger partial charge in [-0.05, 0) is 61.2 Å². The fraction of sp³-hybridized carbons (Fsp3) is 0.296. The maximum Gasteiger partial charge on any atom is 0.237 e. The standard InChI is InChI=1S/C27H29Cl2NO2/c1-20(2)32-25-14-10-23(11-15-25)26(22-6-4-3-5-7-22)16-17-30(27(31)18-28)19-21-8-12-24(29)13-9-21/h3-15,20,26H,16-19H2,1-2H3/t26-/m0/s1. The third-order valence-electron chi connectivity index (χ3n) is 5.30. The first-order valence-electron chi connectivity index (χ1n) is 10.9. The summed E-state index contributed by atoms with van der Waals surface area (Å²) in [6.07, 6.45) is 0.915. The summed E-state index contributed by atoms with van der Waals surface area (Å²) in [6, 6.07) is 26.2. The molecule has 3 aromatic carbocycles. The summed E-state index contributed by atoms with van der Waals surface area (Å²) in [4.78, 5) is 14.4. The molecule has 0 bridgehead atoms. The number of carbonyl (C=O) groups is 1. The molecule has 0 spiro atoms. The Hall–Kier alpha value is -2.49. The lowest BCUT2D eigenvalue weighted by Gasteiger charge is -2.26. The molecule has 1 atom stereocenters. The van der Waals surface area contributed by atoms with Gasteiger partial charge in [0.15, 0.2) is 0 Å². The second-order valence-electron chi connectivity index (χ2n) is 8.06. The molecule has 0 unspecified atom stereocenters. The molecule has 0 radical (unpaired) electrons. The van der Waals surface area contributed by atoms with E-state index in [4.69, 9.17) is 27.9 Å². The number of amides is 1. The predicted molar refractivity (Wildman–Crippen MR) is 133 cm³/mol. The molecule has 0 aromatic heterocycles. The lowest BCUT2D eigenvalue weighted by Crippen LogP contribution is -2.33. The highest BCUT2D eigenvalue weighted by Gasteiger charge is 2.19. The zero-order valence-electron chi connectivity index (χ0n) is 18.5. The molecule has 168 valence electrons. The lowest BCUT2D eigenvalue weighted by atomic mass is 9.88. The number of carbonyl (C=O) groups excluding carboxylic acids is 1. The molecule has 1 amide bonds.